The molecule has 1 aromatic heterocycles. The monoisotopic (exact) mass is 271 g/mol. The second-order valence-corrected chi connectivity index (χ2v) is 6.10. The van der Waals surface area contributed by atoms with Crippen LogP contribution >= 0.6 is 10.7 Å². The van der Waals surface area contributed by atoms with Crippen LogP contribution in [0.25, 0.3) is 10.8 Å². The van der Waals surface area contributed by atoms with Crippen molar-refractivity contribution < 1.29 is 13.2 Å². The van der Waals surface area contributed by atoms with Crippen molar-refractivity contribution in [3.8, 4) is 5.88 Å². The van der Waals surface area contributed by atoms with E-state index in [1.54, 1.807) is 6.07 Å². The van der Waals surface area contributed by atoms with E-state index < -0.39 is 9.05 Å². The molecule has 4 nitrogen and oxygen atoms in total. The number of aromatic nitrogens is 1. The van der Waals surface area contributed by atoms with Gasteiger partial charge in [-0.2, -0.15) is 0 Å². The van der Waals surface area contributed by atoms with E-state index in [1.165, 1.54) is 13.3 Å². The van der Waals surface area contributed by atoms with Gasteiger partial charge in [0.1, 0.15) is 4.90 Å². The van der Waals surface area contributed by atoms with Crippen molar-refractivity contribution in [3.05, 3.63) is 30.0 Å². The molecule has 17 heavy (non-hydrogen) atoms. The zero-order chi connectivity index (χ0) is 12.6. The number of pyridine rings is 1. The number of rotatable bonds is 2. The van der Waals surface area contributed by atoms with E-state index in [2.05, 4.69) is 4.98 Å². The van der Waals surface area contributed by atoms with Gasteiger partial charge < -0.3 is 4.74 Å². The van der Waals surface area contributed by atoms with Crippen molar-refractivity contribution in [1.29, 1.82) is 0 Å². The molecule has 1 aromatic carbocycles. The Hall–Kier alpha value is -1.33. The predicted molar refractivity (Wildman–Crippen MR) is 66.1 cm³/mol. The molecule has 6 heteroatoms. The molecule has 2 aromatic rings. The molecule has 90 valence electrons. The Bertz CT molecular complexity index is 682. The normalized spacial score (nSPS) is 11.7. The fourth-order valence-corrected chi connectivity index (χ4v) is 2.82. The Balaban J connectivity index is 3.00. The van der Waals surface area contributed by atoms with Crippen molar-refractivity contribution in [1.82, 2.24) is 4.98 Å². The smallest absolute Gasteiger partial charge is 0.263 e. The Morgan fingerprint density at radius 1 is 1.35 bits per heavy atom. The fraction of sp³-hybridized carbons (Fsp3) is 0.182. The fourth-order valence-electron chi connectivity index (χ4n) is 1.77. The number of halogens is 1. The van der Waals surface area contributed by atoms with Crippen LogP contribution in [0, 0.1) is 6.92 Å². The first-order chi connectivity index (χ1) is 7.95. The lowest BCUT2D eigenvalue weighted by Crippen LogP contribution is -1.98. The second kappa shape index (κ2) is 4.16. The highest BCUT2D eigenvalue weighted by Crippen LogP contribution is 2.32. The van der Waals surface area contributed by atoms with Crippen molar-refractivity contribution in [3.63, 3.8) is 0 Å². The van der Waals surface area contributed by atoms with Crippen LogP contribution in [-0.4, -0.2) is 20.5 Å². The van der Waals surface area contributed by atoms with Crippen LogP contribution in [0.1, 0.15) is 5.56 Å². The number of hydrogen-bond donors (Lipinski definition) is 0. The molecule has 0 bridgehead atoms. The molecule has 0 saturated carbocycles. The number of methoxy groups -OCH3 is 1. The van der Waals surface area contributed by atoms with Crippen LogP contribution < -0.4 is 4.74 Å². The van der Waals surface area contributed by atoms with Gasteiger partial charge in [-0.15, -0.1) is 0 Å². The molecular weight excluding hydrogens is 262 g/mol. The van der Waals surface area contributed by atoms with Gasteiger partial charge in [-0.1, -0.05) is 12.1 Å². The van der Waals surface area contributed by atoms with E-state index in [4.69, 9.17) is 15.4 Å². The summed E-state index contributed by atoms with van der Waals surface area (Å²) in [6.45, 7) is 1.81. The van der Waals surface area contributed by atoms with Gasteiger partial charge in [-0.05, 0) is 18.6 Å². The number of benzene rings is 1. The Labute approximate surface area is 104 Å². The first kappa shape index (κ1) is 12.1. The number of fused-ring (bicyclic) bond motifs is 1. The predicted octanol–water partition coefficient (Wildman–Crippen LogP) is 2.48. The van der Waals surface area contributed by atoms with Gasteiger partial charge in [0.15, 0.2) is 0 Å². The molecule has 0 amide bonds. The summed E-state index contributed by atoms with van der Waals surface area (Å²) in [5.41, 5.74) is 0.808. The van der Waals surface area contributed by atoms with Crippen LogP contribution in [0.15, 0.2) is 29.3 Å². The van der Waals surface area contributed by atoms with Crippen LogP contribution in [0.2, 0.25) is 0 Å². The number of aryl methyl sites for hydroxylation is 1. The average Bonchev–Trinajstić information content (AvgIpc) is 2.27. The van der Waals surface area contributed by atoms with Crippen LogP contribution in [0.5, 0.6) is 5.88 Å². The lowest BCUT2D eigenvalue weighted by atomic mass is 10.1. The summed E-state index contributed by atoms with van der Waals surface area (Å²) in [7, 11) is 3.06. The van der Waals surface area contributed by atoms with E-state index in [-0.39, 0.29) is 4.90 Å². The zero-order valence-electron chi connectivity index (χ0n) is 9.27. The Morgan fingerprint density at radius 3 is 2.65 bits per heavy atom. The molecule has 0 radical (unpaired) electrons. The molecule has 0 fully saturated rings. The zero-order valence-corrected chi connectivity index (χ0v) is 10.8. The van der Waals surface area contributed by atoms with Gasteiger partial charge >= 0.3 is 0 Å². The van der Waals surface area contributed by atoms with Crippen molar-refractivity contribution >= 4 is 30.5 Å². The highest BCUT2D eigenvalue weighted by molar-refractivity contribution is 8.14. The molecule has 0 N–H and O–H groups in total. The molecule has 0 unspecified atom stereocenters. The van der Waals surface area contributed by atoms with E-state index >= 15 is 0 Å². The summed E-state index contributed by atoms with van der Waals surface area (Å²) in [6, 6.07) is 5.37. The van der Waals surface area contributed by atoms with Gasteiger partial charge in [0, 0.05) is 21.5 Å². The van der Waals surface area contributed by atoms with Gasteiger partial charge in [0.05, 0.1) is 13.3 Å². The molecule has 0 spiro atoms. The molecule has 0 atom stereocenters. The molecule has 0 aliphatic rings. The molecule has 0 aliphatic heterocycles. The quantitative estimate of drug-likeness (QED) is 0.788. The van der Waals surface area contributed by atoms with E-state index in [0.717, 1.165) is 5.56 Å². The molecule has 2 rings (SSSR count). The van der Waals surface area contributed by atoms with Crippen LogP contribution in [0.3, 0.4) is 0 Å². The summed E-state index contributed by atoms with van der Waals surface area (Å²) in [4.78, 5) is 3.95. The van der Waals surface area contributed by atoms with E-state index in [1.807, 2.05) is 19.1 Å². The number of ether oxygens (including phenoxy) is 1. The van der Waals surface area contributed by atoms with Crippen molar-refractivity contribution in [2.24, 2.45) is 0 Å². The summed E-state index contributed by atoms with van der Waals surface area (Å²) in [5.74, 6) is 0.382. The summed E-state index contributed by atoms with van der Waals surface area (Å²) in [5, 5.41) is 1.18. The summed E-state index contributed by atoms with van der Waals surface area (Å²) < 4.78 is 28.1. The molecule has 0 saturated heterocycles. The first-order valence-electron chi connectivity index (χ1n) is 4.82. The maximum absolute atomic E-state index is 11.5. The van der Waals surface area contributed by atoms with Gasteiger partial charge in [-0.25, -0.2) is 13.4 Å². The third-order valence-corrected chi connectivity index (χ3v) is 3.84. The highest BCUT2D eigenvalue weighted by Gasteiger charge is 2.18. The standard InChI is InChI=1S/C11H10ClNO3S/c1-7-4-3-5-8-10(7)9(17(12,14)15)6-13-11(8)16-2/h3-6H,1-2H3. The van der Waals surface area contributed by atoms with Crippen LogP contribution in [-0.2, 0) is 9.05 Å². The minimum absolute atomic E-state index is 0.00747. The van der Waals surface area contributed by atoms with E-state index in [0.29, 0.717) is 16.7 Å². The topological polar surface area (TPSA) is 56.3 Å². The minimum atomic E-state index is -3.82. The van der Waals surface area contributed by atoms with Gasteiger partial charge in [0.25, 0.3) is 9.05 Å². The maximum Gasteiger partial charge on any atom is 0.263 e. The Morgan fingerprint density at radius 2 is 2.06 bits per heavy atom. The molecular formula is C11H10ClNO3S. The summed E-state index contributed by atoms with van der Waals surface area (Å²) >= 11 is 0. The number of nitrogens with zero attached hydrogens (tertiary/aromatic N) is 1. The molecule has 0 aliphatic carbocycles. The molecule has 1 heterocycles. The lowest BCUT2D eigenvalue weighted by molar-refractivity contribution is 0.403. The minimum Gasteiger partial charge on any atom is -0.481 e. The summed E-state index contributed by atoms with van der Waals surface area (Å²) in [6.07, 6.45) is 1.22. The van der Waals surface area contributed by atoms with Crippen molar-refractivity contribution in [2.45, 2.75) is 11.8 Å². The third kappa shape index (κ3) is 2.08. The first-order valence-corrected chi connectivity index (χ1v) is 7.13. The van der Waals surface area contributed by atoms with E-state index in [9.17, 15) is 8.42 Å². The highest BCUT2D eigenvalue weighted by atomic mass is 35.7. The maximum atomic E-state index is 11.5. The third-order valence-electron chi connectivity index (χ3n) is 2.50. The van der Waals surface area contributed by atoms with Crippen molar-refractivity contribution in [2.75, 3.05) is 7.11 Å². The number of hydrogen-bond acceptors (Lipinski definition) is 4. The van der Waals surface area contributed by atoms with Crippen LogP contribution in [0.4, 0.5) is 0 Å². The van der Waals surface area contributed by atoms with Gasteiger partial charge in [-0.3, -0.25) is 0 Å². The largest absolute Gasteiger partial charge is 0.481 e. The average molecular weight is 272 g/mol. The second-order valence-electron chi connectivity index (χ2n) is 3.57. The Kier molecular flexibility index (Phi) is 2.97. The lowest BCUT2D eigenvalue weighted by Gasteiger charge is -2.09. The SMILES string of the molecule is COc1ncc(S(=O)(=O)Cl)c2c(C)cccc12. The van der Waals surface area contributed by atoms with Gasteiger partial charge in [0.2, 0.25) is 5.88 Å².